The van der Waals surface area contributed by atoms with Gasteiger partial charge in [0.1, 0.15) is 11.6 Å². The smallest absolute Gasteiger partial charge is 0.240 e. The summed E-state index contributed by atoms with van der Waals surface area (Å²) < 4.78 is 31.1. The number of rotatable bonds is 2. The van der Waals surface area contributed by atoms with Crippen LogP contribution in [0.25, 0.3) is 11.4 Å². The molecule has 0 saturated heterocycles. The topological polar surface area (TPSA) is 64.9 Å². The van der Waals surface area contributed by atoms with Gasteiger partial charge in [-0.1, -0.05) is 5.16 Å². The number of halogens is 3. The molecule has 2 rings (SSSR count). The number of benzene rings is 1. The number of aromatic nitrogens is 2. The summed E-state index contributed by atoms with van der Waals surface area (Å²) in [6, 6.07) is 1.87. The molecule has 0 saturated carbocycles. The standard InChI is InChI=1S/C9H6BrF2N3O/c10-8-5(1-4(11)2-6(8)12)9-14-7(3-13)16-15-9/h1-2H,3,13H2. The predicted molar refractivity (Wildman–Crippen MR) is 55.2 cm³/mol. The molecule has 2 N–H and O–H groups in total. The minimum Gasteiger partial charge on any atom is -0.338 e. The summed E-state index contributed by atoms with van der Waals surface area (Å²) in [6.45, 7) is 0.0718. The molecule has 84 valence electrons. The van der Waals surface area contributed by atoms with Crippen LogP contribution in [-0.2, 0) is 6.54 Å². The van der Waals surface area contributed by atoms with E-state index in [2.05, 4.69) is 26.1 Å². The van der Waals surface area contributed by atoms with Crippen LogP contribution in [0.4, 0.5) is 8.78 Å². The van der Waals surface area contributed by atoms with Crippen LogP contribution in [0.3, 0.4) is 0 Å². The van der Waals surface area contributed by atoms with Crippen molar-refractivity contribution in [1.29, 1.82) is 0 Å². The lowest BCUT2D eigenvalue weighted by molar-refractivity contribution is 0.380. The van der Waals surface area contributed by atoms with E-state index in [1.54, 1.807) is 0 Å². The Morgan fingerprint density at radius 2 is 2.12 bits per heavy atom. The van der Waals surface area contributed by atoms with E-state index >= 15 is 0 Å². The van der Waals surface area contributed by atoms with Gasteiger partial charge in [0.25, 0.3) is 0 Å². The minimum absolute atomic E-state index is 0.0718. The summed E-state index contributed by atoms with van der Waals surface area (Å²) in [7, 11) is 0. The highest BCUT2D eigenvalue weighted by molar-refractivity contribution is 9.10. The fourth-order valence-electron chi connectivity index (χ4n) is 1.17. The molecule has 1 aromatic heterocycles. The molecule has 0 aliphatic rings. The van der Waals surface area contributed by atoms with Gasteiger partial charge in [-0.15, -0.1) is 0 Å². The molecule has 7 heteroatoms. The monoisotopic (exact) mass is 289 g/mol. The van der Waals surface area contributed by atoms with Gasteiger partial charge in [-0.05, 0) is 22.0 Å². The lowest BCUT2D eigenvalue weighted by atomic mass is 10.2. The zero-order valence-corrected chi connectivity index (χ0v) is 9.46. The Balaban J connectivity index is 2.54. The van der Waals surface area contributed by atoms with Crippen LogP contribution in [0.2, 0.25) is 0 Å². The molecular weight excluding hydrogens is 284 g/mol. The predicted octanol–water partition coefficient (Wildman–Crippen LogP) is 2.24. The molecule has 16 heavy (non-hydrogen) atoms. The highest BCUT2D eigenvalue weighted by atomic mass is 79.9. The molecular formula is C9H6BrF2N3O. The first-order valence-electron chi connectivity index (χ1n) is 4.29. The molecule has 0 bridgehead atoms. The van der Waals surface area contributed by atoms with E-state index in [1.165, 1.54) is 0 Å². The number of nitrogens with two attached hydrogens (primary N) is 1. The lowest BCUT2D eigenvalue weighted by Crippen LogP contribution is -1.96. The molecule has 2 aromatic rings. The molecule has 0 unspecified atom stereocenters. The highest BCUT2D eigenvalue weighted by Crippen LogP contribution is 2.29. The minimum atomic E-state index is -0.728. The van der Waals surface area contributed by atoms with E-state index in [4.69, 9.17) is 10.3 Å². The largest absolute Gasteiger partial charge is 0.338 e. The van der Waals surface area contributed by atoms with Crippen molar-refractivity contribution in [1.82, 2.24) is 10.1 Å². The van der Waals surface area contributed by atoms with Crippen LogP contribution in [0.15, 0.2) is 21.1 Å². The van der Waals surface area contributed by atoms with Gasteiger partial charge in [0, 0.05) is 11.6 Å². The first-order valence-corrected chi connectivity index (χ1v) is 5.08. The van der Waals surface area contributed by atoms with Crippen molar-refractivity contribution in [3.8, 4) is 11.4 Å². The van der Waals surface area contributed by atoms with Gasteiger partial charge in [0.15, 0.2) is 0 Å². The van der Waals surface area contributed by atoms with Crippen molar-refractivity contribution >= 4 is 15.9 Å². The zero-order valence-electron chi connectivity index (χ0n) is 7.88. The summed E-state index contributed by atoms with van der Waals surface area (Å²) in [4.78, 5) is 3.88. The average molecular weight is 290 g/mol. The Morgan fingerprint density at radius 1 is 1.38 bits per heavy atom. The second kappa shape index (κ2) is 4.26. The van der Waals surface area contributed by atoms with Crippen LogP contribution in [-0.4, -0.2) is 10.1 Å². The van der Waals surface area contributed by atoms with Gasteiger partial charge in [0.2, 0.25) is 11.7 Å². The third kappa shape index (κ3) is 1.96. The molecule has 0 amide bonds. The van der Waals surface area contributed by atoms with Gasteiger partial charge in [-0.2, -0.15) is 4.98 Å². The third-order valence-corrected chi connectivity index (χ3v) is 2.68. The van der Waals surface area contributed by atoms with Gasteiger partial charge >= 0.3 is 0 Å². The second-order valence-corrected chi connectivity index (χ2v) is 3.76. The molecule has 0 aliphatic heterocycles. The maximum atomic E-state index is 13.2. The van der Waals surface area contributed by atoms with Crippen LogP contribution in [0, 0.1) is 11.6 Å². The van der Waals surface area contributed by atoms with E-state index in [1.807, 2.05) is 0 Å². The second-order valence-electron chi connectivity index (χ2n) is 2.97. The number of hydrogen-bond acceptors (Lipinski definition) is 4. The number of hydrogen-bond donors (Lipinski definition) is 1. The first kappa shape index (κ1) is 11.2. The van der Waals surface area contributed by atoms with Crippen LogP contribution in [0.1, 0.15) is 5.89 Å². The fourth-order valence-corrected chi connectivity index (χ4v) is 1.57. The SMILES string of the molecule is NCc1nc(-c2cc(F)cc(F)c2Br)no1. The summed E-state index contributed by atoms with van der Waals surface area (Å²) in [5.41, 5.74) is 5.46. The fraction of sp³-hybridized carbons (Fsp3) is 0.111. The van der Waals surface area contributed by atoms with Crippen LogP contribution >= 0.6 is 15.9 Å². The van der Waals surface area contributed by atoms with Crippen molar-refractivity contribution in [3.05, 3.63) is 34.1 Å². The molecule has 0 aliphatic carbocycles. The Kier molecular flexibility index (Phi) is 2.97. The Morgan fingerprint density at radius 3 is 2.75 bits per heavy atom. The quantitative estimate of drug-likeness (QED) is 0.861. The van der Waals surface area contributed by atoms with Gasteiger partial charge in [0.05, 0.1) is 11.0 Å². The van der Waals surface area contributed by atoms with E-state index in [-0.39, 0.29) is 28.3 Å². The van der Waals surface area contributed by atoms with Crippen LogP contribution < -0.4 is 5.73 Å². The number of nitrogens with zero attached hydrogens (tertiary/aromatic N) is 2. The summed E-state index contributed by atoms with van der Waals surface area (Å²) in [5, 5.41) is 3.57. The molecule has 0 radical (unpaired) electrons. The Hall–Kier alpha value is -1.34. The normalized spacial score (nSPS) is 10.8. The van der Waals surface area contributed by atoms with Crippen LogP contribution in [0.5, 0.6) is 0 Å². The lowest BCUT2D eigenvalue weighted by Gasteiger charge is -2.00. The van der Waals surface area contributed by atoms with E-state index in [0.717, 1.165) is 12.1 Å². The molecule has 4 nitrogen and oxygen atoms in total. The Labute approximate surface area is 97.6 Å². The molecule has 0 fully saturated rings. The van der Waals surface area contributed by atoms with Crippen molar-refractivity contribution in [2.24, 2.45) is 5.73 Å². The maximum absolute atomic E-state index is 13.2. The van der Waals surface area contributed by atoms with E-state index in [0.29, 0.717) is 0 Å². The summed E-state index contributed by atoms with van der Waals surface area (Å²) >= 11 is 2.99. The van der Waals surface area contributed by atoms with Gasteiger partial charge in [-0.3, -0.25) is 0 Å². The average Bonchev–Trinajstić information content (AvgIpc) is 2.71. The van der Waals surface area contributed by atoms with Gasteiger partial charge < -0.3 is 10.3 Å². The van der Waals surface area contributed by atoms with E-state index < -0.39 is 11.6 Å². The van der Waals surface area contributed by atoms with Crippen molar-refractivity contribution in [2.45, 2.75) is 6.54 Å². The highest BCUT2D eigenvalue weighted by Gasteiger charge is 2.15. The molecule has 0 spiro atoms. The van der Waals surface area contributed by atoms with Gasteiger partial charge in [-0.25, -0.2) is 8.78 Å². The van der Waals surface area contributed by atoms with Crippen molar-refractivity contribution < 1.29 is 13.3 Å². The molecule has 1 heterocycles. The van der Waals surface area contributed by atoms with Crippen molar-refractivity contribution in [2.75, 3.05) is 0 Å². The van der Waals surface area contributed by atoms with Crippen molar-refractivity contribution in [3.63, 3.8) is 0 Å². The summed E-state index contributed by atoms with van der Waals surface area (Å²) in [5.74, 6) is -1.15. The summed E-state index contributed by atoms with van der Waals surface area (Å²) in [6.07, 6.45) is 0. The first-order chi connectivity index (χ1) is 7.61. The molecule has 0 atom stereocenters. The maximum Gasteiger partial charge on any atom is 0.240 e. The zero-order chi connectivity index (χ0) is 11.7. The molecule has 1 aromatic carbocycles. The van der Waals surface area contributed by atoms with E-state index in [9.17, 15) is 8.78 Å². The third-order valence-electron chi connectivity index (χ3n) is 1.88. The Bertz CT molecular complexity index is 529.